The van der Waals surface area contributed by atoms with Crippen LogP contribution in [0, 0.1) is 11.8 Å². The van der Waals surface area contributed by atoms with Gasteiger partial charge in [-0.05, 0) is 59.7 Å². The Labute approximate surface area is 136 Å². The molecule has 5 rings (SSSR count). The lowest BCUT2D eigenvalue weighted by molar-refractivity contribution is -0.126. The molecule has 0 heterocycles. The van der Waals surface area contributed by atoms with Crippen molar-refractivity contribution in [3.63, 3.8) is 0 Å². The molecule has 3 atom stereocenters. The van der Waals surface area contributed by atoms with E-state index in [4.69, 9.17) is 4.74 Å². The standard InChI is InChI=1S/C21H20O2/c1-23-19-4-2-3-14-10-15-6-8-20(22)21(18(15)11-17(14)19)12-13-5-7-16(21)9-13/h2-5,7,10-11,13,16H,6,8-9,12H2,1H3. The van der Waals surface area contributed by atoms with Crippen LogP contribution in [0.3, 0.4) is 0 Å². The van der Waals surface area contributed by atoms with Crippen molar-refractivity contribution in [2.24, 2.45) is 11.8 Å². The number of allylic oxidation sites excluding steroid dienone is 2. The van der Waals surface area contributed by atoms with E-state index in [1.165, 1.54) is 16.5 Å². The molecule has 0 aliphatic heterocycles. The molecule has 3 aliphatic rings. The van der Waals surface area contributed by atoms with Gasteiger partial charge in [0.05, 0.1) is 12.5 Å². The number of carbonyl (C=O) groups excluding carboxylic acids is 1. The third kappa shape index (κ3) is 1.61. The van der Waals surface area contributed by atoms with E-state index < -0.39 is 0 Å². The third-order valence-electron chi connectivity index (χ3n) is 6.27. The summed E-state index contributed by atoms with van der Waals surface area (Å²) < 4.78 is 5.56. The van der Waals surface area contributed by atoms with Gasteiger partial charge >= 0.3 is 0 Å². The zero-order valence-electron chi connectivity index (χ0n) is 13.3. The van der Waals surface area contributed by atoms with E-state index in [2.05, 4.69) is 30.4 Å². The number of Topliss-reactive ketones (excluding diaryl/α,β-unsaturated/α-hetero) is 1. The van der Waals surface area contributed by atoms with E-state index in [1.54, 1.807) is 7.11 Å². The second-order valence-corrected chi connectivity index (χ2v) is 7.28. The van der Waals surface area contributed by atoms with Crippen molar-refractivity contribution >= 4 is 16.6 Å². The average Bonchev–Trinajstić information content (AvgIpc) is 3.18. The molecule has 0 N–H and O–H groups in total. The highest BCUT2D eigenvalue weighted by molar-refractivity contribution is 5.97. The Kier molecular flexibility index (Phi) is 2.60. The largest absolute Gasteiger partial charge is 0.496 e. The van der Waals surface area contributed by atoms with Crippen molar-refractivity contribution in [2.45, 2.75) is 31.1 Å². The first-order valence-electron chi connectivity index (χ1n) is 8.54. The molecule has 1 saturated carbocycles. The molecule has 2 aromatic rings. The minimum absolute atomic E-state index is 0.262. The molecule has 2 nitrogen and oxygen atoms in total. The van der Waals surface area contributed by atoms with Gasteiger partial charge in [-0.2, -0.15) is 0 Å². The first-order chi connectivity index (χ1) is 11.2. The lowest BCUT2D eigenvalue weighted by atomic mass is 9.62. The van der Waals surface area contributed by atoms with Crippen molar-refractivity contribution < 1.29 is 9.53 Å². The predicted octanol–water partition coefficient (Wildman–Crippen LogP) is 4.20. The lowest BCUT2D eigenvalue weighted by Gasteiger charge is -2.39. The van der Waals surface area contributed by atoms with Crippen LogP contribution in [0.2, 0.25) is 0 Å². The molecule has 1 fully saturated rings. The Morgan fingerprint density at radius 1 is 1.17 bits per heavy atom. The van der Waals surface area contributed by atoms with Gasteiger partial charge in [-0.3, -0.25) is 4.79 Å². The fourth-order valence-corrected chi connectivity index (χ4v) is 5.25. The van der Waals surface area contributed by atoms with Crippen LogP contribution in [0.4, 0.5) is 0 Å². The van der Waals surface area contributed by atoms with Crippen LogP contribution in [-0.2, 0) is 16.6 Å². The maximum atomic E-state index is 13.0. The zero-order valence-corrected chi connectivity index (χ0v) is 13.3. The highest BCUT2D eigenvalue weighted by atomic mass is 16.5. The predicted molar refractivity (Wildman–Crippen MR) is 90.9 cm³/mol. The van der Waals surface area contributed by atoms with E-state index in [-0.39, 0.29) is 5.41 Å². The molecule has 23 heavy (non-hydrogen) atoms. The summed E-state index contributed by atoms with van der Waals surface area (Å²) in [5.74, 6) is 2.34. The average molecular weight is 304 g/mol. The van der Waals surface area contributed by atoms with Gasteiger partial charge < -0.3 is 4.74 Å². The van der Waals surface area contributed by atoms with E-state index >= 15 is 0 Å². The summed E-state index contributed by atoms with van der Waals surface area (Å²) in [6.07, 6.45) is 8.34. The first-order valence-corrected chi connectivity index (χ1v) is 8.54. The maximum Gasteiger partial charge on any atom is 0.144 e. The Morgan fingerprint density at radius 2 is 2.09 bits per heavy atom. The SMILES string of the molecule is COc1cccc2cc3c(cc12)C1(CC2C=CC1C2)C(=O)CC3. The van der Waals surface area contributed by atoms with Crippen LogP contribution in [0.1, 0.15) is 30.4 Å². The number of benzene rings is 2. The van der Waals surface area contributed by atoms with Crippen molar-refractivity contribution in [3.05, 3.63) is 53.6 Å². The number of aryl methyl sites for hydroxylation is 1. The Morgan fingerprint density at radius 3 is 2.83 bits per heavy atom. The van der Waals surface area contributed by atoms with Crippen LogP contribution in [0.25, 0.3) is 10.8 Å². The summed E-state index contributed by atoms with van der Waals surface area (Å²) >= 11 is 0. The van der Waals surface area contributed by atoms with E-state index in [0.29, 0.717) is 24.0 Å². The van der Waals surface area contributed by atoms with E-state index in [9.17, 15) is 4.79 Å². The van der Waals surface area contributed by atoms with Gasteiger partial charge in [0.15, 0.2) is 0 Å². The quantitative estimate of drug-likeness (QED) is 0.738. The van der Waals surface area contributed by atoms with Crippen molar-refractivity contribution in [3.8, 4) is 5.75 Å². The number of hydrogen-bond donors (Lipinski definition) is 0. The summed E-state index contributed by atoms with van der Waals surface area (Å²) in [6, 6.07) is 10.7. The fraction of sp³-hybridized carbons (Fsp3) is 0.381. The molecule has 2 heteroatoms. The molecule has 3 aliphatic carbocycles. The molecule has 3 unspecified atom stereocenters. The highest BCUT2D eigenvalue weighted by Gasteiger charge is 2.55. The Hall–Kier alpha value is -2.09. The third-order valence-corrected chi connectivity index (χ3v) is 6.27. The molecule has 0 amide bonds. The number of ketones is 1. The lowest BCUT2D eigenvalue weighted by Crippen LogP contribution is -2.43. The monoisotopic (exact) mass is 304 g/mol. The van der Waals surface area contributed by atoms with Crippen LogP contribution in [-0.4, -0.2) is 12.9 Å². The number of fused-ring (bicyclic) bond motifs is 6. The van der Waals surface area contributed by atoms with Gasteiger partial charge in [-0.25, -0.2) is 0 Å². The molecule has 2 aromatic carbocycles. The minimum Gasteiger partial charge on any atom is -0.496 e. The zero-order chi connectivity index (χ0) is 15.6. The number of hydrogen-bond acceptors (Lipinski definition) is 2. The summed E-state index contributed by atoms with van der Waals surface area (Å²) in [7, 11) is 1.72. The molecule has 0 radical (unpaired) electrons. The Balaban J connectivity index is 1.81. The number of rotatable bonds is 1. The van der Waals surface area contributed by atoms with Gasteiger partial charge in [-0.1, -0.05) is 30.4 Å². The number of methoxy groups -OCH3 is 1. The normalized spacial score (nSPS) is 31.1. The van der Waals surface area contributed by atoms with Crippen LogP contribution in [0.15, 0.2) is 42.5 Å². The molecular weight excluding hydrogens is 284 g/mol. The van der Waals surface area contributed by atoms with Crippen LogP contribution < -0.4 is 4.74 Å². The Bertz CT molecular complexity index is 864. The van der Waals surface area contributed by atoms with Gasteiger partial charge in [0.25, 0.3) is 0 Å². The summed E-state index contributed by atoms with van der Waals surface area (Å²) in [5, 5.41) is 2.35. The smallest absolute Gasteiger partial charge is 0.144 e. The molecule has 116 valence electrons. The molecule has 2 bridgehead atoms. The van der Waals surface area contributed by atoms with Crippen LogP contribution in [0.5, 0.6) is 5.75 Å². The van der Waals surface area contributed by atoms with Gasteiger partial charge in [0.2, 0.25) is 0 Å². The molecule has 1 spiro atoms. The summed E-state index contributed by atoms with van der Waals surface area (Å²) in [5.41, 5.74) is 2.39. The summed E-state index contributed by atoms with van der Waals surface area (Å²) in [6.45, 7) is 0. The van der Waals surface area contributed by atoms with E-state index in [1.807, 2.05) is 12.1 Å². The second kappa shape index (κ2) is 4.47. The minimum atomic E-state index is -0.262. The first kappa shape index (κ1) is 13.4. The van der Waals surface area contributed by atoms with Crippen LogP contribution >= 0.6 is 0 Å². The van der Waals surface area contributed by atoms with Gasteiger partial charge in [0.1, 0.15) is 11.5 Å². The van der Waals surface area contributed by atoms with Crippen molar-refractivity contribution in [1.82, 2.24) is 0 Å². The second-order valence-electron chi connectivity index (χ2n) is 7.28. The topological polar surface area (TPSA) is 26.3 Å². The van der Waals surface area contributed by atoms with E-state index in [0.717, 1.165) is 30.4 Å². The molecule has 0 aromatic heterocycles. The van der Waals surface area contributed by atoms with Gasteiger partial charge in [0, 0.05) is 11.8 Å². The maximum absolute atomic E-state index is 13.0. The van der Waals surface area contributed by atoms with Crippen molar-refractivity contribution in [2.75, 3.05) is 7.11 Å². The highest BCUT2D eigenvalue weighted by Crippen LogP contribution is 2.57. The number of carbonyl (C=O) groups is 1. The summed E-state index contributed by atoms with van der Waals surface area (Å²) in [4.78, 5) is 13.0. The van der Waals surface area contributed by atoms with Crippen molar-refractivity contribution in [1.29, 1.82) is 0 Å². The molecular formula is C21H20O2. The molecule has 0 saturated heterocycles. The van der Waals surface area contributed by atoms with Gasteiger partial charge in [-0.15, -0.1) is 0 Å². The number of ether oxygens (including phenoxy) is 1. The fourth-order valence-electron chi connectivity index (χ4n) is 5.25.